The lowest BCUT2D eigenvalue weighted by atomic mass is 10.2. The van der Waals surface area contributed by atoms with Crippen molar-refractivity contribution in [2.24, 2.45) is 0 Å². The fourth-order valence-electron chi connectivity index (χ4n) is 1.49. The number of benzene rings is 1. The van der Waals surface area contributed by atoms with Crippen LogP contribution in [0.1, 0.15) is 0 Å². The van der Waals surface area contributed by atoms with Crippen molar-refractivity contribution in [2.45, 2.75) is 0 Å². The zero-order chi connectivity index (χ0) is 15.0. The van der Waals surface area contributed by atoms with Crippen LogP contribution in [0.4, 0.5) is 5.69 Å². The number of methoxy groups -OCH3 is 2. The highest BCUT2D eigenvalue weighted by atomic mass is 16.5. The van der Waals surface area contributed by atoms with Gasteiger partial charge in [-0.05, 0) is 7.05 Å². The summed E-state index contributed by atoms with van der Waals surface area (Å²) in [6.45, 7) is 0.0697. The van der Waals surface area contributed by atoms with Crippen LogP contribution in [0.3, 0.4) is 0 Å². The molecule has 0 aromatic heterocycles. The van der Waals surface area contributed by atoms with Crippen LogP contribution in [-0.4, -0.2) is 46.2 Å². The van der Waals surface area contributed by atoms with Crippen molar-refractivity contribution in [3.05, 3.63) is 18.2 Å². The third-order valence-electron chi connectivity index (χ3n) is 2.42. The minimum absolute atomic E-state index is 0.0972. The van der Waals surface area contributed by atoms with Crippen molar-refractivity contribution in [1.29, 1.82) is 0 Å². The number of rotatable bonds is 7. The third kappa shape index (κ3) is 5.15. The summed E-state index contributed by atoms with van der Waals surface area (Å²) in [7, 11) is 4.71. The fraction of sp³-hybridized carbons (Fsp3) is 0.385. The largest absolute Gasteiger partial charge is 0.497 e. The van der Waals surface area contributed by atoms with Crippen LogP contribution in [0.5, 0.6) is 11.5 Å². The summed E-state index contributed by atoms with van der Waals surface area (Å²) in [5.74, 6) is 0.563. The summed E-state index contributed by atoms with van der Waals surface area (Å²) in [5.41, 5.74) is 0.536. The van der Waals surface area contributed by atoms with Crippen molar-refractivity contribution in [1.82, 2.24) is 10.6 Å². The lowest BCUT2D eigenvalue weighted by molar-refractivity contribution is -0.123. The van der Waals surface area contributed by atoms with Gasteiger partial charge < -0.3 is 25.4 Å². The maximum atomic E-state index is 11.7. The molecule has 0 bridgehead atoms. The van der Waals surface area contributed by atoms with Crippen LogP contribution < -0.4 is 25.4 Å². The maximum Gasteiger partial charge on any atom is 0.243 e. The number of carbonyl (C=O) groups is 2. The Hall–Kier alpha value is -2.28. The first-order valence-electron chi connectivity index (χ1n) is 6.03. The summed E-state index contributed by atoms with van der Waals surface area (Å²) in [4.78, 5) is 22.9. The Morgan fingerprint density at radius 3 is 2.10 bits per heavy atom. The second-order valence-electron chi connectivity index (χ2n) is 3.96. The highest BCUT2D eigenvalue weighted by Crippen LogP contribution is 2.25. The van der Waals surface area contributed by atoms with Gasteiger partial charge in [0.1, 0.15) is 11.5 Å². The van der Waals surface area contributed by atoms with Crippen molar-refractivity contribution >= 4 is 17.5 Å². The molecule has 0 aliphatic heterocycles. The molecule has 110 valence electrons. The number of anilines is 1. The van der Waals surface area contributed by atoms with E-state index in [9.17, 15) is 9.59 Å². The average molecular weight is 281 g/mol. The van der Waals surface area contributed by atoms with Crippen LogP contribution in [0.25, 0.3) is 0 Å². The average Bonchev–Trinajstić information content (AvgIpc) is 2.45. The number of carbonyl (C=O) groups excluding carboxylic acids is 2. The van der Waals surface area contributed by atoms with Crippen LogP contribution >= 0.6 is 0 Å². The predicted octanol–water partition coefficient (Wildman–Crippen LogP) is -0.0221. The van der Waals surface area contributed by atoms with E-state index in [1.807, 2.05) is 0 Å². The molecule has 1 aromatic carbocycles. The van der Waals surface area contributed by atoms with Crippen molar-refractivity contribution in [3.63, 3.8) is 0 Å². The molecule has 1 rings (SSSR count). The molecule has 3 N–H and O–H groups in total. The standard InChI is InChI=1S/C13H19N3O4/c1-14-7-12(17)15-8-13(18)16-9-4-10(19-2)6-11(5-9)20-3/h4-6,14H,7-8H2,1-3H3,(H,15,17)(H,16,18). The van der Waals surface area contributed by atoms with Gasteiger partial charge in [-0.3, -0.25) is 9.59 Å². The number of hydrogen-bond acceptors (Lipinski definition) is 5. The highest BCUT2D eigenvalue weighted by Gasteiger charge is 2.07. The van der Waals surface area contributed by atoms with Gasteiger partial charge in [0.2, 0.25) is 11.8 Å². The zero-order valence-corrected chi connectivity index (χ0v) is 11.8. The molecule has 0 aliphatic rings. The summed E-state index contributed by atoms with van der Waals surface area (Å²) in [6, 6.07) is 5.02. The van der Waals surface area contributed by atoms with E-state index in [0.717, 1.165) is 0 Å². The molecule has 20 heavy (non-hydrogen) atoms. The molecular formula is C13H19N3O4. The van der Waals surface area contributed by atoms with E-state index in [1.54, 1.807) is 25.2 Å². The summed E-state index contributed by atoms with van der Waals surface area (Å²) in [6.07, 6.45) is 0. The molecule has 0 fully saturated rings. The number of ether oxygens (including phenoxy) is 2. The Kier molecular flexibility index (Phi) is 6.31. The van der Waals surface area contributed by atoms with E-state index in [1.165, 1.54) is 14.2 Å². The van der Waals surface area contributed by atoms with Crippen molar-refractivity contribution < 1.29 is 19.1 Å². The predicted molar refractivity (Wildman–Crippen MR) is 75.1 cm³/mol. The van der Waals surface area contributed by atoms with Gasteiger partial charge in [0.25, 0.3) is 0 Å². The van der Waals surface area contributed by atoms with E-state index in [-0.39, 0.29) is 24.9 Å². The molecule has 0 radical (unpaired) electrons. The topological polar surface area (TPSA) is 88.7 Å². The Labute approximate surface area is 117 Å². The molecule has 0 aliphatic carbocycles. The second kappa shape index (κ2) is 8.00. The first-order valence-corrected chi connectivity index (χ1v) is 6.03. The molecule has 0 heterocycles. The number of likely N-dealkylation sites (N-methyl/N-ethyl adjacent to an activating group) is 1. The molecule has 0 unspecified atom stereocenters. The summed E-state index contributed by atoms with van der Waals surface area (Å²) in [5, 5.41) is 7.83. The van der Waals surface area contributed by atoms with Crippen LogP contribution in [0, 0.1) is 0 Å². The van der Waals surface area contributed by atoms with E-state index >= 15 is 0 Å². The summed E-state index contributed by atoms with van der Waals surface area (Å²) >= 11 is 0. The van der Waals surface area contributed by atoms with Gasteiger partial charge in [0, 0.05) is 23.9 Å². The molecule has 0 atom stereocenters. The van der Waals surface area contributed by atoms with Crippen LogP contribution in [-0.2, 0) is 9.59 Å². The van der Waals surface area contributed by atoms with Gasteiger partial charge in [-0.25, -0.2) is 0 Å². The van der Waals surface area contributed by atoms with Crippen LogP contribution in [0.2, 0.25) is 0 Å². The Bertz CT molecular complexity index is 454. The van der Waals surface area contributed by atoms with E-state index in [4.69, 9.17) is 9.47 Å². The third-order valence-corrected chi connectivity index (χ3v) is 2.42. The molecule has 7 heteroatoms. The number of amides is 2. The van der Waals surface area contributed by atoms with E-state index in [2.05, 4.69) is 16.0 Å². The highest BCUT2D eigenvalue weighted by molar-refractivity contribution is 5.95. The molecule has 2 amide bonds. The van der Waals surface area contributed by atoms with Crippen LogP contribution in [0.15, 0.2) is 18.2 Å². The quantitative estimate of drug-likeness (QED) is 0.653. The SMILES string of the molecule is CNCC(=O)NCC(=O)Nc1cc(OC)cc(OC)c1. The molecule has 0 spiro atoms. The van der Waals surface area contributed by atoms with E-state index < -0.39 is 0 Å². The van der Waals surface area contributed by atoms with E-state index in [0.29, 0.717) is 17.2 Å². The maximum absolute atomic E-state index is 11.7. The number of hydrogen-bond donors (Lipinski definition) is 3. The van der Waals surface area contributed by atoms with Gasteiger partial charge in [0.15, 0.2) is 0 Å². The summed E-state index contributed by atoms with van der Waals surface area (Å²) < 4.78 is 10.2. The smallest absolute Gasteiger partial charge is 0.243 e. The minimum atomic E-state index is -0.329. The first-order chi connectivity index (χ1) is 9.58. The Balaban J connectivity index is 2.59. The molecular weight excluding hydrogens is 262 g/mol. The molecule has 7 nitrogen and oxygen atoms in total. The number of nitrogens with one attached hydrogen (secondary N) is 3. The van der Waals surface area contributed by atoms with Gasteiger partial charge in [0.05, 0.1) is 27.3 Å². The van der Waals surface area contributed by atoms with Gasteiger partial charge in [-0.15, -0.1) is 0 Å². The molecule has 0 saturated carbocycles. The fourth-order valence-corrected chi connectivity index (χ4v) is 1.49. The Morgan fingerprint density at radius 2 is 1.60 bits per heavy atom. The molecule has 0 saturated heterocycles. The molecule has 1 aromatic rings. The monoisotopic (exact) mass is 281 g/mol. The minimum Gasteiger partial charge on any atom is -0.497 e. The van der Waals surface area contributed by atoms with Crippen molar-refractivity contribution in [2.75, 3.05) is 39.7 Å². The van der Waals surface area contributed by atoms with Gasteiger partial charge >= 0.3 is 0 Å². The van der Waals surface area contributed by atoms with Gasteiger partial charge in [-0.2, -0.15) is 0 Å². The van der Waals surface area contributed by atoms with Crippen molar-refractivity contribution in [3.8, 4) is 11.5 Å². The lowest BCUT2D eigenvalue weighted by Gasteiger charge is -2.10. The lowest BCUT2D eigenvalue weighted by Crippen LogP contribution is -2.37. The Morgan fingerprint density at radius 1 is 1.00 bits per heavy atom. The van der Waals surface area contributed by atoms with Gasteiger partial charge in [-0.1, -0.05) is 0 Å². The first kappa shape index (κ1) is 15.8. The normalized spacial score (nSPS) is 9.75. The zero-order valence-electron chi connectivity index (χ0n) is 11.8. The second-order valence-corrected chi connectivity index (χ2v) is 3.96.